The van der Waals surface area contributed by atoms with Crippen LogP contribution in [0.25, 0.3) is 0 Å². The van der Waals surface area contributed by atoms with Crippen LogP contribution in [0.5, 0.6) is 0 Å². The van der Waals surface area contributed by atoms with Gasteiger partial charge in [-0.05, 0) is 13.8 Å². The summed E-state index contributed by atoms with van der Waals surface area (Å²) >= 11 is 6.22. The summed E-state index contributed by atoms with van der Waals surface area (Å²) in [5, 5.41) is 21.3. The van der Waals surface area contributed by atoms with E-state index >= 15 is 0 Å². The minimum absolute atomic E-state index is 0.0332. The lowest BCUT2D eigenvalue weighted by Crippen LogP contribution is -2.15. The summed E-state index contributed by atoms with van der Waals surface area (Å²) in [7, 11) is 0. The molecule has 0 atom stereocenters. The number of carboxylic acid groups (broad SMARTS) is 1. The van der Waals surface area contributed by atoms with Crippen molar-refractivity contribution < 1.29 is 9.90 Å². The highest BCUT2D eigenvalue weighted by atomic mass is 35.5. The van der Waals surface area contributed by atoms with Gasteiger partial charge >= 0.3 is 5.97 Å². The first-order valence-corrected chi connectivity index (χ1v) is 6.44. The van der Waals surface area contributed by atoms with Gasteiger partial charge in [-0.15, -0.1) is 5.10 Å². The van der Waals surface area contributed by atoms with Gasteiger partial charge in [-0.3, -0.25) is 4.68 Å². The number of rotatable bonds is 5. The van der Waals surface area contributed by atoms with Crippen LogP contribution in [0.2, 0.25) is 5.02 Å². The first-order chi connectivity index (χ1) is 9.49. The number of hydrogen-bond acceptors (Lipinski definition) is 5. The van der Waals surface area contributed by atoms with Crippen LogP contribution in [-0.2, 0) is 19.6 Å². The third-order valence-electron chi connectivity index (χ3n) is 2.99. The molecular weight excluding hydrogens is 284 g/mol. The molecular formula is C11H15ClN6O2. The van der Waals surface area contributed by atoms with Crippen molar-refractivity contribution >= 4 is 17.6 Å². The van der Waals surface area contributed by atoms with Gasteiger partial charge in [0.2, 0.25) is 0 Å². The first-order valence-electron chi connectivity index (χ1n) is 6.07. The second kappa shape index (κ2) is 5.59. The summed E-state index contributed by atoms with van der Waals surface area (Å²) < 4.78 is 3.19. The number of carboxylic acids is 1. The zero-order chi connectivity index (χ0) is 14.9. The van der Waals surface area contributed by atoms with E-state index in [1.54, 1.807) is 4.68 Å². The normalized spacial score (nSPS) is 11.0. The maximum atomic E-state index is 11.0. The van der Waals surface area contributed by atoms with Gasteiger partial charge in [0.25, 0.3) is 0 Å². The standard InChI is InChI=1S/C11H15ClN6O2/c1-3-17-8(9(12)6(2)15-17)5-18-7(4-13)10(11(19)20)14-16-18/h3-5,13H2,1-2H3,(H,19,20). The lowest BCUT2D eigenvalue weighted by atomic mass is 10.3. The smallest absolute Gasteiger partial charge is 0.358 e. The molecule has 9 heteroatoms. The van der Waals surface area contributed by atoms with E-state index in [1.165, 1.54) is 4.68 Å². The van der Waals surface area contributed by atoms with E-state index in [1.807, 2.05) is 13.8 Å². The average molecular weight is 299 g/mol. The Labute approximate surface area is 120 Å². The molecule has 2 heterocycles. The minimum Gasteiger partial charge on any atom is -0.476 e. The average Bonchev–Trinajstić information content (AvgIpc) is 2.94. The van der Waals surface area contributed by atoms with Crippen molar-refractivity contribution in [3.63, 3.8) is 0 Å². The highest BCUT2D eigenvalue weighted by Gasteiger charge is 2.20. The van der Waals surface area contributed by atoms with E-state index < -0.39 is 5.97 Å². The maximum Gasteiger partial charge on any atom is 0.358 e. The molecule has 108 valence electrons. The van der Waals surface area contributed by atoms with E-state index in [0.717, 1.165) is 11.4 Å². The van der Waals surface area contributed by atoms with Crippen molar-refractivity contribution in [1.82, 2.24) is 24.8 Å². The fourth-order valence-corrected chi connectivity index (χ4v) is 2.18. The van der Waals surface area contributed by atoms with Crippen LogP contribution in [0.4, 0.5) is 0 Å². The summed E-state index contributed by atoms with van der Waals surface area (Å²) in [6.45, 7) is 4.72. The molecule has 0 unspecified atom stereocenters. The summed E-state index contributed by atoms with van der Waals surface area (Å²) in [5.41, 5.74) is 7.27. The van der Waals surface area contributed by atoms with Gasteiger partial charge in [-0.1, -0.05) is 16.8 Å². The summed E-state index contributed by atoms with van der Waals surface area (Å²) in [5.74, 6) is -1.15. The Hall–Kier alpha value is -1.93. The molecule has 0 aromatic carbocycles. The molecule has 0 saturated carbocycles. The number of carbonyl (C=O) groups is 1. The van der Waals surface area contributed by atoms with Crippen LogP contribution in [0.3, 0.4) is 0 Å². The molecule has 2 aromatic rings. The van der Waals surface area contributed by atoms with Crippen LogP contribution in [0.15, 0.2) is 0 Å². The molecule has 0 spiro atoms. The van der Waals surface area contributed by atoms with Crippen LogP contribution >= 0.6 is 11.6 Å². The number of aromatic nitrogens is 5. The topological polar surface area (TPSA) is 112 Å². The molecule has 0 bridgehead atoms. The summed E-state index contributed by atoms with van der Waals surface area (Å²) in [6.07, 6.45) is 0. The van der Waals surface area contributed by atoms with Crippen molar-refractivity contribution in [1.29, 1.82) is 0 Å². The van der Waals surface area contributed by atoms with E-state index in [9.17, 15) is 4.79 Å². The fraction of sp³-hybridized carbons (Fsp3) is 0.455. The third-order valence-corrected chi connectivity index (χ3v) is 3.48. The van der Waals surface area contributed by atoms with Crippen molar-refractivity contribution in [2.75, 3.05) is 0 Å². The Morgan fingerprint density at radius 2 is 2.10 bits per heavy atom. The molecule has 0 fully saturated rings. The fourth-order valence-electron chi connectivity index (χ4n) is 1.99. The molecule has 0 aliphatic heterocycles. The molecule has 8 nitrogen and oxygen atoms in total. The maximum absolute atomic E-state index is 11.0. The Kier molecular flexibility index (Phi) is 4.05. The highest BCUT2D eigenvalue weighted by molar-refractivity contribution is 6.31. The number of aromatic carboxylic acids is 1. The van der Waals surface area contributed by atoms with E-state index in [4.69, 9.17) is 22.4 Å². The lowest BCUT2D eigenvalue weighted by Gasteiger charge is -2.07. The predicted molar refractivity (Wildman–Crippen MR) is 71.6 cm³/mol. The quantitative estimate of drug-likeness (QED) is 0.838. The monoisotopic (exact) mass is 298 g/mol. The molecule has 20 heavy (non-hydrogen) atoms. The van der Waals surface area contributed by atoms with Crippen molar-refractivity contribution in [2.45, 2.75) is 33.5 Å². The zero-order valence-corrected chi connectivity index (χ0v) is 11.9. The Morgan fingerprint density at radius 3 is 2.65 bits per heavy atom. The molecule has 0 aliphatic rings. The Bertz CT molecular complexity index is 648. The predicted octanol–water partition coefficient (Wildman–Crippen LogP) is 0.662. The van der Waals surface area contributed by atoms with Crippen LogP contribution in [-0.4, -0.2) is 35.9 Å². The van der Waals surface area contributed by atoms with E-state index in [2.05, 4.69) is 15.4 Å². The molecule has 3 N–H and O–H groups in total. The van der Waals surface area contributed by atoms with Gasteiger partial charge < -0.3 is 10.8 Å². The first kappa shape index (κ1) is 14.5. The zero-order valence-electron chi connectivity index (χ0n) is 11.2. The minimum atomic E-state index is -1.15. The van der Waals surface area contributed by atoms with E-state index in [0.29, 0.717) is 17.3 Å². The van der Waals surface area contributed by atoms with Gasteiger partial charge in [-0.25, -0.2) is 9.48 Å². The summed E-state index contributed by atoms with van der Waals surface area (Å²) in [4.78, 5) is 11.0. The van der Waals surface area contributed by atoms with Crippen LogP contribution in [0.1, 0.15) is 34.5 Å². The molecule has 0 saturated heterocycles. The van der Waals surface area contributed by atoms with Gasteiger partial charge in [0.1, 0.15) is 0 Å². The largest absolute Gasteiger partial charge is 0.476 e. The van der Waals surface area contributed by atoms with Gasteiger partial charge in [0.15, 0.2) is 5.69 Å². The van der Waals surface area contributed by atoms with Crippen LogP contribution in [0, 0.1) is 6.92 Å². The van der Waals surface area contributed by atoms with E-state index in [-0.39, 0.29) is 18.8 Å². The SMILES string of the molecule is CCn1nc(C)c(Cl)c1Cn1nnc(C(=O)O)c1CN. The second-order valence-corrected chi connectivity index (χ2v) is 4.59. The molecule has 0 radical (unpaired) electrons. The number of hydrogen-bond donors (Lipinski definition) is 2. The summed E-state index contributed by atoms with van der Waals surface area (Å²) in [6, 6.07) is 0. The number of nitrogens with zero attached hydrogens (tertiary/aromatic N) is 5. The van der Waals surface area contributed by atoms with Crippen LogP contribution < -0.4 is 5.73 Å². The van der Waals surface area contributed by atoms with Gasteiger partial charge in [0, 0.05) is 13.1 Å². The molecule has 0 amide bonds. The third kappa shape index (κ3) is 2.39. The molecule has 2 rings (SSSR count). The Morgan fingerprint density at radius 1 is 1.40 bits per heavy atom. The highest BCUT2D eigenvalue weighted by Crippen LogP contribution is 2.21. The van der Waals surface area contributed by atoms with Gasteiger partial charge in [-0.2, -0.15) is 5.10 Å². The van der Waals surface area contributed by atoms with Gasteiger partial charge in [0.05, 0.1) is 28.6 Å². The lowest BCUT2D eigenvalue weighted by molar-refractivity contribution is 0.0689. The second-order valence-electron chi connectivity index (χ2n) is 4.21. The molecule has 0 aliphatic carbocycles. The number of aryl methyl sites for hydroxylation is 2. The van der Waals surface area contributed by atoms with Crippen molar-refractivity contribution in [3.8, 4) is 0 Å². The number of nitrogens with two attached hydrogens (primary N) is 1. The van der Waals surface area contributed by atoms with Crippen molar-refractivity contribution in [3.05, 3.63) is 27.8 Å². The Balaban J connectivity index is 2.43. The van der Waals surface area contributed by atoms with Crippen molar-refractivity contribution in [2.24, 2.45) is 5.73 Å². The number of halogens is 1. The molecule has 2 aromatic heterocycles.